The number of hydrogen-bond donors (Lipinski definition) is 1. The van der Waals surface area contributed by atoms with Crippen LogP contribution in [-0.4, -0.2) is 36.0 Å². The van der Waals surface area contributed by atoms with E-state index in [1.807, 2.05) is 13.8 Å². The normalized spacial score (nSPS) is 22.9. The molecule has 4 nitrogen and oxygen atoms in total. The fourth-order valence-corrected chi connectivity index (χ4v) is 2.68. The number of carbonyl (C=O) groups is 1. The Balaban J connectivity index is 1.61. The summed E-state index contributed by atoms with van der Waals surface area (Å²) in [5, 5.41) is 9.60. The monoisotopic (exact) mass is 268 g/mol. The average Bonchev–Trinajstić information content (AvgIpc) is 2.87. The van der Waals surface area contributed by atoms with Crippen LogP contribution in [0, 0.1) is 0 Å². The molecule has 0 spiro atoms. The molecule has 0 amide bonds. The number of ether oxygens (including phenoxy) is 2. The number of aliphatic hydroxyl groups is 1. The lowest BCUT2D eigenvalue weighted by atomic mass is 9.98. The van der Waals surface area contributed by atoms with Gasteiger partial charge in [-0.15, -0.1) is 0 Å². The van der Waals surface area contributed by atoms with Gasteiger partial charge in [-0.05, 0) is 26.7 Å². The van der Waals surface area contributed by atoms with Gasteiger partial charge in [0.15, 0.2) is 0 Å². The second-order valence-corrected chi connectivity index (χ2v) is 6.16. The molecule has 0 bridgehead atoms. The smallest absolute Gasteiger partial charge is 0.337 e. The maximum absolute atomic E-state index is 11.5. The minimum Gasteiger partial charge on any atom is -0.458 e. The van der Waals surface area contributed by atoms with E-state index >= 15 is 0 Å². The maximum Gasteiger partial charge on any atom is 0.337 e. The van der Waals surface area contributed by atoms with Gasteiger partial charge in [0.25, 0.3) is 0 Å². The van der Waals surface area contributed by atoms with Crippen LogP contribution in [-0.2, 0) is 14.3 Å². The second-order valence-electron chi connectivity index (χ2n) is 6.16. The molecule has 2 heterocycles. The van der Waals surface area contributed by atoms with Crippen molar-refractivity contribution in [3.8, 4) is 0 Å². The predicted octanol–water partition coefficient (Wildman–Crippen LogP) is 2.35. The molecular formula is C15H24O4. The van der Waals surface area contributed by atoms with E-state index in [-0.39, 0.29) is 12.1 Å². The van der Waals surface area contributed by atoms with E-state index in [1.165, 1.54) is 0 Å². The van der Waals surface area contributed by atoms with Gasteiger partial charge >= 0.3 is 5.97 Å². The van der Waals surface area contributed by atoms with Gasteiger partial charge in [-0.2, -0.15) is 0 Å². The van der Waals surface area contributed by atoms with Crippen molar-refractivity contribution in [1.82, 2.24) is 0 Å². The summed E-state index contributed by atoms with van der Waals surface area (Å²) in [5.74, 6) is -0.181. The summed E-state index contributed by atoms with van der Waals surface area (Å²) >= 11 is 0. The van der Waals surface area contributed by atoms with Gasteiger partial charge in [-0.1, -0.05) is 25.7 Å². The molecule has 2 rings (SSSR count). The van der Waals surface area contributed by atoms with E-state index in [2.05, 4.69) is 0 Å². The van der Waals surface area contributed by atoms with Crippen LogP contribution < -0.4 is 0 Å². The Morgan fingerprint density at radius 3 is 2.68 bits per heavy atom. The van der Waals surface area contributed by atoms with E-state index in [0.29, 0.717) is 13.2 Å². The zero-order chi connectivity index (χ0) is 13.9. The molecule has 0 saturated carbocycles. The Kier molecular flexibility index (Phi) is 4.63. The predicted molar refractivity (Wildman–Crippen MR) is 71.7 cm³/mol. The van der Waals surface area contributed by atoms with Gasteiger partial charge in [0.05, 0.1) is 23.9 Å². The Bertz CT molecular complexity index is 365. The largest absolute Gasteiger partial charge is 0.458 e. The molecule has 0 saturated heterocycles. The third-order valence-electron chi connectivity index (χ3n) is 3.76. The minimum atomic E-state index is -0.554. The van der Waals surface area contributed by atoms with Gasteiger partial charge in [0.2, 0.25) is 0 Å². The van der Waals surface area contributed by atoms with Gasteiger partial charge < -0.3 is 14.6 Å². The van der Waals surface area contributed by atoms with E-state index in [9.17, 15) is 9.90 Å². The van der Waals surface area contributed by atoms with E-state index in [4.69, 9.17) is 9.47 Å². The van der Waals surface area contributed by atoms with E-state index in [0.717, 1.165) is 49.7 Å². The van der Waals surface area contributed by atoms with Crippen LogP contribution in [0.15, 0.2) is 11.1 Å². The maximum atomic E-state index is 11.5. The number of rotatable bonds is 7. The highest BCUT2D eigenvalue weighted by atomic mass is 16.6. The summed E-state index contributed by atoms with van der Waals surface area (Å²) in [4.78, 5) is 11.5. The van der Waals surface area contributed by atoms with Crippen LogP contribution >= 0.6 is 0 Å². The Hall–Kier alpha value is -0.870. The van der Waals surface area contributed by atoms with Crippen LogP contribution in [0.5, 0.6) is 0 Å². The average molecular weight is 268 g/mol. The van der Waals surface area contributed by atoms with Crippen LogP contribution in [0.25, 0.3) is 0 Å². The highest BCUT2D eigenvalue weighted by molar-refractivity contribution is 5.93. The first-order valence-electron chi connectivity index (χ1n) is 7.20. The fourth-order valence-electron chi connectivity index (χ4n) is 2.68. The van der Waals surface area contributed by atoms with Crippen molar-refractivity contribution in [2.75, 3.05) is 13.2 Å². The van der Waals surface area contributed by atoms with Crippen molar-refractivity contribution in [3.05, 3.63) is 11.1 Å². The quantitative estimate of drug-likeness (QED) is 0.569. The van der Waals surface area contributed by atoms with Crippen molar-refractivity contribution < 1.29 is 19.4 Å². The molecule has 1 N–H and O–H groups in total. The molecule has 0 aromatic carbocycles. The highest BCUT2D eigenvalue weighted by Crippen LogP contribution is 2.31. The molecule has 0 aromatic rings. The second kappa shape index (κ2) is 6.06. The first kappa shape index (κ1) is 14.5. The summed E-state index contributed by atoms with van der Waals surface area (Å²) in [6.07, 6.45) is 6.04. The lowest BCUT2D eigenvalue weighted by Crippen LogP contribution is -2.18. The third kappa shape index (κ3) is 4.05. The van der Waals surface area contributed by atoms with Crippen LogP contribution in [0.3, 0.4) is 0 Å². The lowest BCUT2D eigenvalue weighted by molar-refractivity contribution is -0.137. The molecule has 1 atom stereocenters. The SMILES string of the molecule is CC(C)(O)CCCCCC[C@@H]1OCC2=C1C(=O)OC2. The minimum absolute atomic E-state index is 0.0423. The number of esters is 1. The van der Waals surface area contributed by atoms with Gasteiger partial charge in [-0.25, -0.2) is 4.79 Å². The molecular weight excluding hydrogens is 244 g/mol. The lowest BCUT2D eigenvalue weighted by Gasteiger charge is -2.16. The summed E-state index contributed by atoms with van der Waals surface area (Å²) in [5.41, 5.74) is 1.27. The number of carbonyl (C=O) groups excluding carboxylic acids is 1. The van der Waals surface area contributed by atoms with E-state index in [1.54, 1.807) is 0 Å². The van der Waals surface area contributed by atoms with Crippen molar-refractivity contribution in [2.45, 2.75) is 64.1 Å². The van der Waals surface area contributed by atoms with Crippen LogP contribution in [0.4, 0.5) is 0 Å². The zero-order valence-electron chi connectivity index (χ0n) is 11.9. The van der Waals surface area contributed by atoms with Crippen molar-refractivity contribution in [3.63, 3.8) is 0 Å². The Morgan fingerprint density at radius 2 is 1.95 bits per heavy atom. The molecule has 19 heavy (non-hydrogen) atoms. The molecule has 0 fully saturated rings. The topological polar surface area (TPSA) is 55.8 Å². The molecule has 0 aromatic heterocycles. The molecule has 0 radical (unpaired) electrons. The van der Waals surface area contributed by atoms with Crippen molar-refractivity contribution in [1.29, 1.82) is 0 Å². The molecule has 2 aliphatic heterocycles. The number of hydrogen-bond acceptors (Lipinski definition) is 4. The van der Waals surface area contributed by atoms with Crippen LogP contribution in [0.2, 0.25) is 0 Å². The summed E-state index contributed by atoms with van der Waals surface area (Å²) in [6.45, 7) is 4.68. The Morgan fingerprint density at radius 1 is 1.21 bits per heavy atom. The molecule has 4 heteroatoms. The van der Waals surface area contributed by atoms with E-state index < -0.39 is 5.60 Å². The van der Waals surface area contributed by atoms with Gasteiger partial charge in [-0.3, -0.25) is 0 Å². The number of unbranched alkanes of at least 4 members (excludes halogenated alkanes) is 3. The molecule has 0 unspecified atom stereocenters. The molecule has 108 valence electrons. The molecule has 2 aliphatic rings. The standard InChI is InChI=1S/C15H24O4/c1-15(2,17)8-6-4-3-5-7-12-13-11(9-18-12)10-19-14(13)16/h12,17H,3-10H2,1-2H3/t12-/m0/s1. The zero-order valence-corrected chi connectivity index (χ0v) is 11.9. The summed E-state index contributed by atoms with van der Waals surface area (Å²) in [6, 6.07) is 0. The fraction of sp³-hybridized carbons (Fsp3) is 0.800. The first-order chi connectivity index (χ1) is 8.97. The number of cyclic esters (lactones) is 1. The summed E-state index contributed by atoms with van der Waals surface area (Å²) in [7, 11) is 0. The Labute approximate surface area is 114 Å². The van der Waals surface area contributed by atoms with Crippen molar-refractivity contribution >= 4 is 5.97 Å². The van der Waals surface area contributed by atoms with Crippen LogP contribution in [0.1, 0.15) is 52.4 Å². The summed E-state index contributed by atoms with van der Waals surface area (Å²) < 4.78 is 10.6. The van der Waals surface area contributed by atoms with Gasteiger partial charge in [0, 0.05) is 5.57 Å². The first-order valence-corrected chi connectivity index (χ1v) is 7.20. The van der Waals surface area contributed by atoms with Gasteiger partial charge in [0.1, 0.15) is 6.61 Å². The molecule has 0 aliphatic carbocycles. The highest BCUT2D eigenvalue weighted by Gasteiger charge is 2.36. The third-order valence-corrected chi connectivity index (χ3v) is 3.76. The van der Waals surface area contributed by atoms with Crippen molar-refractivity contribution in [2.24, 2.45) is 0 Å².